The molecule has 0 aliphatic heterocycles. The SMILES string of the molecule is Cc1nn(C(C)C)c(NC(C)C(=O)N(C)C)c1[N+](=O)[O-]. The summed E-state index contributed by atoms with van der Waals surface area (Å²) in [6.45, 7) is 7.00. The van der Waals surface area contributed by atoms with E-state index in [1.165, 1.54) is 9.58 Å². The Morgan fingerprint density at radius 3 is 2.35 bits per heavy atom. The number of nitro groups is 1. The van der Waals surface area contributed by atoms with Crippen LogP contribution >= 0.6 is 0 Å². The zero-order valence-corrected chi connectivity index (χ0v) is 12.7. The summed E-state index contributed by atoms with van der Waals surface area (Å²) >= 11 is 0. The van der Waals surface area contributed by atoms with Gasteiger partial charge in [0.2, 0.25) is 11.7 Å². The van der Waals surface area contributed by atoms with Gasteiger partial charge in [0.1, 0.15) is 11.7 Å². The molecule has 0 spiro atoms. The largest absolute Gasteiger partial charge is 0.353 e. The van der Waals surface area contributed by atoms with Gasteiger partial charge >= 0.3 is 5.69 Å². The monoisotopic (exact) mass is 283 g/mol. The maximum Gasteiger partial charge on any atom is 0.333 e. The van der Waals surface area contributed by atoms with Gasteiger partial charge < -0.3 is 10.2 Å². The van der Waals surface area contributed by atoms with E-state index in [2.05, 4.69) is 10.4 Å². The molecule has 8 nitrogen and oxygen atoms in total. The van der Waals surface area contributed by atoms with Crippen LogP contribution in [0.1, 0.15) is 32.5 Å². The topological polar surface area (TPSA) is 93.3 Å². The van der Waals surface area contributed by atoms with Crippen LogP contribution in [0.25, 0.3) is 0 Å². The lowest BCUT2D eigenvalue weighted by atomic mass is 10.2. The zero-order valence-electron chi connectivity index (χ0n) is 12.7. The Hall–Kier alpha value is -2.12. The van der Waals surface area contributed by atoms with E-state index >= 15 is 0 Å². The maximum atomic E-state index is 11.9. The fraction of sp³-hybridized carbons (Fsp3) is 0.667. The quantitative estimate of drug-likeness (QED) is 0.654. The molecule has 1 aromatic rings. The molecular formula is C12H21N5O3. The Kier molecular flexibility index (Phi) is 4.69. The van der Waals surface area contributed by atoms with Gasteiger partial charge in [-0.1, -0.05) is 0 Å². The molecule has 1 amide bonds. The fourth-order valence-corrected chi connectivity index (χ4v) is 1.92. The van der Waals surface area contributed by atoms with Crippen LogP contribution in [0, 0.1) is 17.0 Å². The molecule has 1 aromatic heterocycles. The standard InChI is InChI=1S/C12H21N5O3/c1-7(2)16-11(10(17(19)20)8(3)14-16)13-9(4)12(18)15(5)6/h7,9,13H,1-6H3. The van der Waals surface area contributed by atoms with Crippen LogP contribution in [0.4, 0.5) is 11.5 Å². The molecule has 8 heteroatoms. The second-order valence-electron chi connectivity index (χ2n) is 5.18. The number of aromatic nitrogens is 2. The molecule has 1 rings (SSSR count). The summed E-state index contributed by atoms with van der Waals surface area (Å²) in [7, 11) is 3.28. The molecule has 112 valence electrons. The summed E-state index contributed by atoms with van der Waals surface area (Å²) in [5, 5.41) is 18.3. The van der Waals surface area contributed by atoms with Crippen LogP contribution in [0.2, 0.25) is 0 Å². The van der Waals surface area contributed by atoms with Crippen LogP contribution in [-0.4, -0.2) is 45.6 Å². The molecule has 0 fully saturated rings. The van der Waals surface area contributed by atoms with Gasteiger partial charge in [0, 0.05) is 20.1 Å². The van der Waals surface area contributed by atoms with Gasteiger partial charge in [-0.25, -0.2) is 4.68 Å². The zero-order chi connectivity index (χ0) is 15.6. The molecule has 0 aliphatic rings. The maximum absolute atomic E-state index is 11.9. The third kappa shape index (κ3) is 3.06. The van der Waals surface area contributed by atoms with Crippen LogP contribution in [-0.2, 0) is 4.79 Å². The first-order valence-electron chi connectivity index (χ1n) is 6.38. The number of hydrogen-bond donors (Lipinski definition) is 1. The Balaban J connectivity index is 3.21. The Labute approximate surface area is 117 Å². The number of aryl methyl sites for hydroxylation is 1. The summed E-state index contributed by atoms with van der Waals surface area (Å²) in [6.07, 6.45) is 0. The number of nitrogens with one attached hydrogen (secondary N) is 1. The number of carbonyl (C=O) groups excluding carboxylic acids is 1. The first kappa shape index (κ1) is 15.9. The van der Waals surface area contributed by atoms with E-state index in [1.54, 1.807) is 27.9 Å². The van der Waals surface area contributed by atoms with Gasteiger partial charge in [-0.15, -0.1) is 0 Å². The van der Waals surface area contributed by atoms with Crippen molar-refractivity contribution in [2.45, 2.75) is 39.8 Å². The van der Waals surface area contributed by atoms with Gasteiger partial charge in [0.25, 0.3) is 0 Å². The van der Waals surface area contributed by atoms with E-state index in [0.29, 0.717) is 5.69 Å². The number of rotatable bonds is 5. The Bertz CT molecular complexity index is 521. The average molecular weight is 283 g/mol. The van der Waals surface area contributed by atoms with Crippen molar-refractivity contribution in [2.75, 3.05) is 19.4 Å². The molecule has 1 unspecified atom stereocenters. The lowest BCUT2D eigenvalue weighted by molar-refractivity contribution is -0.384. The number of anilines is 1. The highest BCUT2D eigenvalue weighted by molar-refractivity contribution is 5.84. The molecule has 0 aliphatic carbocycles. The van der Waals surface area contributed by atoms with Gasteiger partial charge in [-0.3, -0.25) is 14.9 Å². The Morgan fingerprint density at radius 2 is 1.95 bits per heavy atom. The third-order valence-corrected chi connectivity index (χ3v) is 2.89. The number of carbonyl (C=O) groups is 1. The van der Waals surface area contributed by atoms with Crippen molar-refractivity contribution in [3.63, 3.8) is 0 Å². The molecular weight excluding hydrogens is 262 g/mol. The lowest BCUT2D eigenvalue weighted by Crippen LogP contribution is -2.37. The molecule has 0 saturated carbocycles. The minimum absolute atomic E-state index is 0.0495. The third-order valence-electron chi connectivity index (χ3n) is 2.89. The van der Waals surface area contributed by atoms with Crippen molar-refractivity contribution in [1.29, 1.82) is 0 Å². The minimum atomic E-state index is -0.572. The van der Waals surface area contributed by atoms with Gasteiger partial charge in [-0.05, 0) is 27.7 Å². The van der Waals surface area contributed by atoms with Crippen molar-refractivity contribution in [1.82, 2.24) is 14.7 Å². The highest BCUT2D eigenvalue weighted by Crippen LogP contribution is 2.31. The van der Waals surface area contributed by atoms with E-state index in [4.69, 9.17) is 0 Å². The number of nitrogens with zero attached hydrogens (tertiary/aromatic N) is 4. The van der Waals surface area contributed by atoms with Crippen molar-refractivity contribution >= 4 is 17.4 Å². The molecule has 0 bridgehead atoms. The molecule has 0 saturated heterocycles. The van der Waals surface area contributed by atoms with Crippen molar-refractivity contribution in [3.8, 4) is 0 Å². The molecule has 0 radical (unpaired) electrons. The van der Waals surface area contributed by atoms with Crippen LogP contribution in [0.3, 0.4) is 0 Å². The van der Waals surface area contributed by atoms with E-state index in [9.17, 15) is 14.9 Å². The van der Waals surface area contributed by atoms with Crippen LogP contribution in [0.15, 0.2) is 0 Å². The summed E-state index contributed by atoms with van der Waals surface area (Å²) in [5.74, 6) is 0.110. The summed E-state index contributed by atoms with van der Waals surface area (Å²) < 4.78 is 1.53. The van der Waals surface area contributed by atoms with Crippen LogP contribution in [0.5, 0.6) is 0 Å². The number of amides is 1. The smallest absolute Gasteiger partial charge is 0.333 e. The first-order valence-corrected chi connectivity index (χ1v) is 6.38. The van der Waals surface area contributed by atoms with Gasteiger partial charge in [0.15, 0.2) is 0 Å². The van der Waals surface area contributed by atoms with Gasteiger partial charge in [-0.2, -0.15) is 5.10 Å². The van der Waals surface area contributed by atoms with E-state index in [1.807, 2.05) is 13.8 Å². The molecule has 1 heterocycles. The average Bonchev–Trinajstić information content (AvgIpc) is 2.64. The van der Waals surface area contributed by atoms with Crippen molar-refractivity contribution < 1.29 is 9.72 Å². The van der Waals surface area contributed by atoms with Gasteiger partial charge in [0.05, 0.1) is 4.92 Å². The summed E-state index contributed by atoms with van der Waals surface area (Å²) in [6, 6.07) is -0.621. The highest BCUT2D eigenvalue weighted by Gasteiger charge is 2.29. The fourth-order valence-electron chi connectivity index (χ4n) is 1.92. The summed E-state index contributed by atoms with van der Waals surface area (Å²) in [4.78, 5) is 24.0. The van der Waals surface area contributed by atoms with Crippen molar-refractivity contribution in [2.24, 2.45) is 0 Å². The lowest BCUT2D eigenvalue weighted by Gasteiger charge is -2.20. The van der Waals surface area contributed by atoms with E-state index in [0.717, 1.165) is 0 Å². The molecule has 1 N–H and O–H groups in total. The number of likely N-dealkylation sites (N-methyl/N-ethyl adjacent to an activating group) is 1. The predicted molar refractivity (Wildman–Crippen MR) is 75.8 cm³/mol. The van der Waals surface area contributed by atoms with Crippen molar-refractivity contribution in [3.05, 3.63) is 15.8 Å². The second-order valence-corrected chi connectivity index (χ2v) is 5.18. The second kappa shape index (κ2) is 5.89. The number of hydrogen-bond acceptors (Lipinski definition) is 5. The Morgan fingerprint density at radius 1 is 1.40 bits per heavy atom. The minimum Gasteiger partial charge on any atom is -0.353 e. The normalized spacial score (nSPS) is 12.3. The molecule has 0 aromatic carbocycles. The molecule has 20 heavy (non-hydrogen) atoms. The highest BCUT2D eigenvalue weighted by atomic mass is 16.6. The summed E-state index contributed by atoms with van der Waals surface area (Å²) in [5.41, 5.74) is 0.243. The van der Waals surface area contributed by atoms with E-state index in [-0.39, 0.29) is 23.5 Å². The van der Waals surface area contributed by atoms with Crippen LogP contribution < -0.4 is 5.32 Å². The first-order chi connectivity index (χ1) is 9.16. The van der Waals surface area contributed by atoms with E-state index < -0.39 is 11.0 Å². The predicted octanol–water partition coefficient (Wildman–Crippen LogP) is 1.57. The molecule has 1 atom stereocenters.